The van der Waals surface area contributed by atoms with E-state index in [0.717, 1.165) is 31.6 Å². The van der Waals surface area contributed by atoms with Gasteiger partial charge >= 0.3 is 0 Å². The third-order valence-electron chi connectivity index (χ3n) is 3.87. The van der Waals surface area contributed by atoms with E-state index in [1.165, 1.54) is 5.56 Å². The van der Waals surface area contributed by atoms with Gasteiger partial charge in [0.15, 0.2) is 0 Å². The summed E-state index contributed by atoms with van der Waals surface area (Å²) in [6.45, 7) is 5.01. The van der Waals surface area contributed by atoms with E-state index in [1.807, 2.05) is 12.3 Å². The van der Waals surface area contributed by atoms with E-state index >= 15 is 0 Å². The second-order valence-corrected chi connectivity index (χ2v) is 5.05. The molecule has 0 aromatic carbocycles. The Labute approximate surface area is 109 Å². The van der Waals surface area contributed by atoms with Crippen LogP contribution in [0.1, 0.15) is 37.9 Å². The molecule has 0 saturated carbocycles. The molecule has 0 spiro atoms. The molecule has 1 aliphatic rings. The van der Waals surface area contributed by atoms with E-state index in [0.29, 0.717) is 6.42 Å². The smallest absolute Gasteiger partial charge is 0.0649 e. The lowest BCUT2D eigenvalue weighted by Gasteiger charge is -2.22. The molecular weight excluding hydrogens is 226 g/mol. The molecule has 3 atom stereocenters. The quantitative estimate of drug-likeness (QED) is 0.871. The summed E-state index contributed by atoms with van der Waals surface area (Å²) in [5.74, 6) is 0.266. The first kappa shape index (κ1) is 13.5. The predicted octanol–water partition coefficient (Wildman–Crippen LogP) is 2.36. The van der Waals surface area contributed by atoms with E-state index in [-0.39, 0.29) is 18.1 Å². The molecule has 2 heterocycles. The number of aromatic nitrogens is 1. The highest BCUT2D eigenvalue weighted by molar-refractivity contribution is 5.14. The summed E-state index contributed by atoms with van der Waals surface area (Å²) in [4.78, 5) is 4.41. The topological polar surface area (TPSA) is 42.4 Å². The van der Waals surface area contributed by atoms with Gasteiger partial charge < -0.3 is 9.84 Å². The maximum absolute atomic E-state index is 10.3. The molecule has 1 aromatic heterocycles. The van der Waals surface area contributed by atoms with Crippen LogP contribution >= 0.6 is 0 Å². The van der Waals surface area contributed by atoms with Crippen LogP contribution in [0.25, 0.3) is 0 Å². The van der Waals surface area contributed by atoms with Crippen LogP contribution in [-0.4, -0.2) is 28.9 Å². The molecule has 3 nitrogen and oxygen atoms in total. The van der Waals surface area contributed by atoms with E-state index in [9.17, 15) is 5.11 Å². The van der Waals surface area contributed by atoms with Crippen LogP contribution in [0.3, 0.4) is 0 Å². The van der Waals surface area contributed by atoms with Crippen LogP contribution in [0.15, 0.2) is 18.3 Å². The average Bonchev–Trinajstić information content (AvgIpc) is 2.88. The largest absolute Gasteiger partial charge is 0.392 e. The monoisotopic (exact) mass is 249 g/mol. The number of aliphatic hydroxyl groups is 1. The van der Waals surface area contributed by atoms with Gasteiger partial charge in [-0.2, -0.15) is 0 Å². The molecule has 18 heavy (non-hydrogen) atoms. The number of aryl methyl sites for hydroxylation is 1. The van der Waals surface area contributed by atoms with Gasteiger partial charge in [-0.15, -0.1) is 0 Å². The average molecular weight is 249 g/mol. The van der Waals surface area contributed by atoms with Crippen LogP contribution < -0.4 is 0 Å². The van der Waals surface area contributed by atoms with Crippen molar-refractivity contribution in [3.05, 3.63) is 29.6 Å². The third-order valence-corrected chi connectivity index (χ3v) is 3.87. The molecule has 0 aliphatic carbocycles. The number of hydrogen-bond donors (Lipinski definition) is 1. The summed E-state index contributed by atoms with van der Waals surface area (Å²) in [6, 6.07) is 4.12. The number of nitrogens with zero attached hydrogens (tertiary/aromatic N) is 1. The van der Waals surface area contributed by atoms with Crippen molar-refractivity contribution in [2.24, 2.45) is 5.92 Å². The highest BCUT2D eigenvalue weighted by atomic mass is 16.5. The maximum Gasteiger partial charge on any atom is 0.0649 e. The summed E-state index contributed by atoms with van der Waals surface area (Å²) < 4.78 is 5.63. The van der Waals surface area contributed by atoms with Gasteiger partial charge in [0.25, 0.3) is 0 Å². The molecule has 0 radical (unpaired) electrons. The Morgan fingerprint density at radius 3 is 2.89 bits per heavy atom. The van der Waals surface area contributed by atoms with Crippen molar-refractivity contribution in [3.8, 4) is 0 Å². The Kier molecular flexibility index (Phi) is 4.72. The Hall–Kier alpha value is -0.930. The first-order valence-electron chi connectivity index (χ1n) is 6.98. The molecule has 1 aromatic rings. The van der Waals surface area contributed by atoms with E-state index < -0.39 is 0 Å². The van der Waals surface area contributed by atoms with Gasteiger partial charge in [-0.05, 0) is 30.9 Å². The zero-order valence-corrected chi connectivity index (χ0v) is 11.3. The normalized spacial score (nSPS) is 25.3. The molecule has 0 amide bonds. The lowest BCUT2D eigenvalue weighted by atomic mass is 9.90. The molecule has 3 unspecified atom stereocenters. The lowest BCUT2D eigenvalue weighted by molar-refractivity contribution is 0.0314. The molecule has 1 saturated heterocycles. The summed E-state index contributed by atoms with van der Waals surface area (Å²) in [6.07, 6.45) is 5.37. The lowest BCUT2D eigenvalue weighted by Crippen LogP contribution is -2.29. The summed E-state index contributed by atoms with van der Waals surface area (Å²) >= 11 is 0. The summed E-state index contributed by atoms with van der Waals surface area (Å²) in [7, 11) is 0. The molecule has 1 N–H and O–H groups in total. The van der Waals surface area contributed by atoms with Crippen molar-refractivity contribution < 1.29 is 9.84 Å². The fourth-order valence-corrected chi connectivity index (χ4v) is 2.68. The van der Waals surface area contributed by atoms with Gasteiger partial charge in [0.1, 0.15) is 0 Å². The standard InChI is InChI=1S/C15H23NO2/c1-3-11-5-6-12(16-10-11)9-14(17)13-7-8-18-15(13)4-2/h5-6,10,13-15,17H,3-4,7-9H2,1-2H3. The predicted molar refractivity (Wildman–Crippen MR) is 71.5 cm³/mol. The number of hydrogen-bond acceptors (Lipinski definition) is 3. The van der Waals surface area contributed by atoms with Gasteiger partial charge in [-0.3, -0.25) is 4.98 Å². The van der Waals surface area contributed by atoms with Crippen LogP contribution in [-0.2, 0) is 17.6 Å². The van der Waals surface area contributed by atoms with Gasteiger partial charge in [0.2, 0.25) is 0 Å². The van der Waals surface area contributed by atoms with Gasteiger partial charge in [-0.25, -0.2) is 0 Å². The van der Waals surface area contributed by atoms with Crippen LogP contribution in [0, 0.1) is 5.92 Å². The van der Waals surface area contributed by atoms with Crippen LogP contribution in [0.2, 0.25) is 0 Å². The van der Waals surface area contributed by atoms with Gasteiger partial charge in [0, 0.05) is 30.8 Å². The molecule has 0 bridgehead atoms. The molecule has 2 rings (SSSR count). The fraction of sp³-hybridized carbons (Fsp3) is 0.667. The third kappa shape index (κ3) is 3.09. The Morgan fingerprint density at radius 1 is 1.44 bits per heavy atom. The molecule has 1 fully saturated rings. The van der Waals surface area contributed by atoms with Crippen molar-refractivity contribution in [3.63, 3.8) is 0 Å². The number of rotatable bonds is 5. The van der Waals surface area contributed by atoms with E-state index in [4.69, 9.17) is 4.74 Å². The molecule has 1 aliphatic heterocycles. The fourth-order valence-electron chi connectivity index (χ4n) is 2.68. The van der Waals surface area contributed by atoms with Crippen molar-refractivity contribution in [1.82, 2.24) is 4.98 Å². The van der Waals surface area contributed by atoms with E-state index in [2.05, 4.69) is 24.9 Å². The zero-order valence-electron chi connectivity index (χ0n) is 11.3. The minimum atomic E-state index is -0.336. The molecule has 3 heteroatoms. The number of ether oxygens (including phenoxy) is 1. The number of pyridine rings is 1. The van der Waals surface area contributed by atoms with Crippen molar-refractivity contribution in [2.75, 3.05) is 6.61 Å². The minimum Gasteiger partial charge on any atom is -0.392 e. The number of aliphatic hydroxyl groups excluding tert-OH is 1. The van der Waals surface area contributed by atoms with Crippen molar-refractivity contribution in [1.29, 1.82) is 0 Å². The van der Waals surface area contributed by atoms with Crippen molar-refractivity contribution in [2.45, 2.75) is 51.7 Å². The summed E-state index contributed by atoms with van der Waals surface area (Å²) in [5.41, 5.74) is 2.21. The Morgan fingerprint density at radius 2 is 2.28 bits per heavy atom. The van der Waals surface area contributed by atoms with Crippen LogP contribution in [0.4, 0.5) is 0 Å². The second-order valence-electron chi connectivity index (χ2n) is 5.05. The Bertz CT molecular complexity index is 363. The highest BCUT2D eigenvalue weighted by Gasteiger charge is 2.32. The first-order valence-corrected chi connectivity index (χ1v) is 6.98. The maximum atomic E-state index is 10.3. The van der Waals surface area contributed by atoms with Gasteiger partial charge in [-0.1, -0.05) is 19.9 Å². The van der Waals surface area contributed by atoms with Gasteiger partial charge in [0.05, 0.1) is 12.2 Å². The van der Waals surface area contributed by atoms with E-state index in [1.54, 1.807) is 0 Å². The molecule has 100 valence electrons. The molecular formula is C15H23NO2. The highest BCUT2D eigenvalue weighted by Crippen LogP contribution is 2.27. The van der Waals surface area contributed by atoms with Crippen molar-refractivity contribution >= 4 is 0 Å². The Balaban J connectivity index is 1.95. The zero-order chi connectivity index (χ0) is 13.0. The van der Waals surface area contributed by atoms with Crippen LogP contribution in [0.5, 0.6) is 0 Å². The summed E-state index contributed by atoms with van der Waals surface area (Å²) in [5, 5.41) is 10.3. The first-order chi connectivity index (χ1) is 8.74. The SMILES string of the molecule is CCc1ccc(CC(O)C2CCOC2CC)nc1. The second kappa shape index (κ2) is 6.30. The minimum absolute atomic E-state index is 0.218.